The highest BCUT2D eigenvalue weighted by Gasteiger charge is 2.33. The highest BCUT2D eigenvalue weighted by Crippen LogP contribution is 2.36. The zero-order valence-corrected chi connectivity index (χ0v) is 18.3. The third kappa shape index (κ3) is 5.26. The van der Waals surface area contributed by atoms with Gasteiger partial charge < -0.3 is 5.32 Å². The second-order valence-corrected chi connectivity index (χ2v) is 8.86. The lowest BCUT2D eigenvalue weighted by molar-refractivity contribution is 0.317. The molecular weight excluding hydrogens is 423 g/mol. The Balaban J connectivity index is 1.51. The highest BCUT2D eigenvalue weighted by atomic mass is 35.5. The van der Waals surface area contributed by atoms with Gasteiger partial charge in [-0.05, 0) is 53.4 Å². The summed E-state index contributed by atoms with van der Waals surface area (Å²) in [7, 11) is 0. The molecule has 0 radical (unpaired) electrons. The molecular formula is C24H23Cl3N2. The van der Waals surface area contributed by atoms with Gasteiger partial charge in [0.05, 0.1) is 10.0 Å². The minimum Gasteiger partial charge on any atom is -0.385 e. The number of anilines is 1. The van der Waals surface area contributed by atoms with E-state index in [9.17, 15) is 0 Å². The number of rotatable bonds is 6. The van der Waals surface area contributed by atoms with Crippen molar-refractivity contribution in [2.75, 3.05) is 25.0 Å². The van der Waals surface area contributed by atoms with Crippen LogP contribution in [0.3, 0.4) is 0 Å². The molecule has 0 bridgehead atoms. The molecule has 2 atom stereocenters. The number of nitrogens with zero attached hydrogens (tertiary/aromatic N) is 1. The van der Waals surface area contributed by atoms with Crippen LogP contribution >= 0.6 is 34.8 Å². The number of hydrogen-bond donors (Lipinski definition) is 1. The minimum atomic E-state index is 0.397. The van der Waals surface area contributed by atoms with E-state index in [0.717, 1.165) is 36.9 Å². The minimum absolute atomic E-state index is 0.397. The molecule has 29 heavy (non-hydrogen) atoms. The van der Waals surface area contributed by atoms with Gasteiger partial charge in [-0.15, -0.1) is 0 Å². The third-order valence-corrected chi connectivity index (χ3v) is 6.54. The first-order valence-corrected chi connectivity index (χ1v) is 10.9. The Labute approximate surface area is 187 Å². The van der Waals surface area contributed by atoms with E-state index in [1.165, 1.54) is 11.1 Å². The molecule has 3 aromatic rings. The van der Waals surface area contributed by atoms with E-state index in [1.807, 2.05) is 36.4 Å². The van der Waals surface area contributed by atoms with Crippen LogP contribution in [0.15, 0.2) is 72.8 Å². The van der Waals surface area contributed by atoms with Gasteiger partial charge in [0.15, 0.2) is 0 Å². The molecule has 2 unspecified atom stereocenters. The largest absolute Gasteiger partial charge is 0.385 e. The van der Waals surface area contributed by atoms with E-state index in [0.29, 0.717) is 21.9 Å². The summed E-state index contributed by atoms with van der Waals surface area (Å²) in [5.74, 6) is 0.861. The fraction of sp³-hybridized carbons (Fsp3) is 0.250. The molecule has 0 aliphatic carbocycles. The number of halogens is 3. The molecule has 0 amide bonds. The summed E-state index contributed by atoms with van der Waals surface area (Å²) in [5.41, 5.74) is 3.67. The van der Waals surface area contributed by atoms with Crippen molar-refractivity contribution in [3.8, 4) is 0 Å². The van der Waals surface area contributed by atoms with Gasteiger partial charge in [-0.25, -0.2) is 0 Å². The van der Waals surface area contributed by atoms with Crippen LogP contribution < -0.4 is 5.32 Å². The van der Waals surface area contributed by atoms with Crippen LogP contribution in [-0.2, 0) is 6.54 Å². The molecule has 1 saturated heterocycles. The van der Waals surface area contributed by atoms with Crippen LogP contribution in [0.5, 0.6) is 0 Å². The van der Waals surface area contributed by atoms with Crippen LogP contribution in [0.4, 0.5) is 5.69 Å². The van der Waals surface area contributed by atoms with E-state index in [-0.39, 0.29) is 0 Å². The standard InChI is InChI=1S/C24H23Cl3N2/c25-20-7-9-21(10-8-20)28-13-19-15-29(14-17-4-2-1-3-5-17)16-22(19)18-6-11-23(26)24(27)12-18/h1-12,19,22,28H,13-16H2. The summed E-state index contributed by atoms with van der Waals surface area (Å²) >= 11 is 18.5. The third-order valence-electron chi connectivity index (χ3n) is 5.55. The zero-order chi connectivity index (χ0) is 20.2. The summed E-state index contributed by atoms with van der Waals surface area (Å²) in [4.78, 5) is 2.52. The smallest absolute Gasteiger partial charge is 0.0595 e. The van der Waals surface area contributed by atoms with Crippen LogP contribution in [0.2, 0.25) is 15.1 Å². The predicted octanol–water partition coefficient (Wildman–Crippen LogP) is 6.97. The topological polar surface area (TPSA) is 15.3 Å². The van der Waals surface area contributed by atoms with Crippen molar-refractivity contribution in [3.05, 3.63) is 99.0 Å². The van der Waals surface area contributed by atoms with Gasteiger partial charge >= 0.3 is 0 Å². The SMILES string of the molecule is Clc1ccc(NCC2CN(Cc3ccccc3)CC2c2ccc(Cl)c(Cl)c2)cc1. The summed E-state index contributed by atoms with van der Waals surface area (Å²) in [6, 6.07) is 24.5. The molecule has 150 valence electrons. The average molecular weight is 446 g/mol. The maximum absolute atomic E-state index is 6.32. The van der Waals surface area contributed by atoms with Crippen LogP contribution in [0.25, 0.3) is 0 Å². The van der Waals surface area contributed by atoms with Crippen molar-refractivity contribution in [2.24, 2.45) is 5.92 Å². The Morgan fingerprint density at radius 1 is 0.828 bits per heavy atom. The molecule has 1 aliphatic heterocycles. The van der Waals surface area contributed by atoms with Crippen molar-refractivity contribution < 1.29 is 0 Å². The molecule has 1 heterocycles. The first-order valence-electron chi connectivity index (χ1n) is 9.79. The molecule has 2 nitrogen and oxygen atoms in total. The van der Waals surface area contributed by atoms with Crippen molar-refractivity contribution in [2.45, 2.75) is 12.5 Å². The summed E-state index contributed by atoms with van der Waals surface area (Å²) in [5, 5.41) is 5.55. The Bertz CT molecular complexity index is 944. The molecule has 3 aromatic carbocycles. The second-order valence-electron chi connectivity index (χ2n) is 7.61. The molecule has 1 aliphatic rings. The fourth-order valence-electron chi connectivity index (χ4n) is 4.08. The predicted molar refractivity (Wildman–Crippen MR) is 124 cm³/mol. The number of hydrogen-bond acceptors (Lipinski definition) is 2. The van der Waals surface area contributed by atoms with Gasteiger partial charge in [-0.1, -0.05) is 71.2 Å². The van der Waals surface area contributed by atoms with E-state index in [1.54, 1.807) is 0 Å². The Morgan fingerprint density at radius 3 is 2.31 bits per heavy atom. The lowest BCUT2D eigenvalue weighted by Gasteiger charge is -2.20. The maximum Gasteiger partial charge on any atom is 0.0595 e. The molecule has 1 fully saturated rings. The quantitative estimate of drug-likeness (QED) is 0.440. The Hall–Kier alpha value is -1.71. The van der Waals surface area contributed by atoms with E-state index >= 15 is 0 Å². The zero-order valence-electron chi connectivity index (χ0n) is 16.0. The van der Waals surface area contributed by atoms with E-state index in [4.69, 9.17) is 34.8 Å². The number of benzene rings is 3. The van der Waals surface area contributed by atoms with Gasteiger partial charge in [-0.3, -0.25) is 4.90 Å². The lowest BCUT2D eigenvalue weighted by Crippen LogP contribution is -2.23. The first kappa shape index (κ1) is 20.6. The first-order chi connectivity index (χ1) is 14.1. The van der Waals surface area contributed by atoms with Crippen LogP contribution in [0.1, 0.15) is 17.0 Å². The Morgan fingerprint density at radius 2 is 1.59 bits per heavy atom. The number of nitrogens with one attached hydrogen (secondary N) is 1. The van der Waals surface area contributed by atoms with Crippen molar-refractivity contribution in [3.63, 3.8) is 0 Å². The van der Waals surface area contributed by atoms with Crippen molar-refractivity contribution in [1.82, 2.24) is 4.90 Å². The lowest BCUT2D eigenvalue weighted by atomic mass is 9.89. The van der Waals surface area contributed by atoms with E-state index in [2.05, 4.69) is 46.6 Å². The van der Waals surface area contributed by atoms with E-state index < -0.39 is 0 Å². The van der Waals surface area contributed by atoms with Crippen LogP contribution in [-0.4, -0.2) is 24.5 Å². The summed E-state index contributed by atoms with van der Waals surface area (Å²) in [6.07, 6.45) is 0. The molecule has 0 saturated carbocycles. The highest BCUT2D eigenvalue weighted by molar-refractivity contribution is 6.42. The maximum atomic E-state index is 6.32. The normalized spacial score (nSPS) is 19.4. The van der Waals surface area contributed by atoms with Gasteiger partial charge in [0.1, 0.15) is 0 Å². The molecule has 4 rings (SSSR count). The van der Waals surface area contributed by atoms with Crippen LogP contribution in [0, 0.1) is 5.92 Å². The van der Waals surface area contributed by atoms with Crippen molar-refractivity contribution >= 4 is 40.5 Å². The molecule has 1 N–H and O–H groups in total. The fourth-order valence-corrected chi connectivity index (χ4v) is 4.51. The number of likely N-dealkylation sites (tertiary alicyclic amines) is 1. The molecule has 0 aromatic heterocycles. The average Bonchev–Trinajstić information content (AvgIpc) is 3.13. The van der Waals surface area contributed by atoms with Crippen molar-refractivity contribution in [1.29, 1.82) is 0 Å². The Kier molecular flexibility index (Phi) is 6.67. The summed E-state index contributed by atoms with van der Waals surface area (Å²) in [6.45, 7) is 3.87. The van der Waals surface area contributed by atoms with Gasteiger partial charge in [-0.2, -0.15) is 0 Å². The summed E-state index contributed by atoms with van der Waals surface area (Å²) < 4.78 is 0. The van der Waals surface area contributed by atoms with Gasteiger partial charge in [0.25, 0.3) is 0 Å². The molecule has 5 heteroatoms. The van der Waals surface area contributed by atoms with Gasteiger partial charge in [0, 0.05) is 42.8 Å². The molecule has 0 spiro atoms. The second kappa shape index (κ2) is 9.40. The monoisotopic (exact) mass is 444 g/mol. The van der Waals surface area contributed by atoms with Gasteiger partial charge in [0.2, 0.25) is 0 Å².